The summed E-state index contributed by atoms with van der Waals surface area (Å²) in [6.45, 7) is 4.26. The van der Waals surface area contributed by atoms with Gasteiger partial charge in [-0.1, -0.05) is 6.07 Å². The molecule has 90 valence electrons. The molecule has 3 nitrogen and oxygen atoms in total. The number of hydrogen-bond acceptors (Lipinski definition) is 3. The third kappa shape index (κ3) is 2.73. The first-order chi connectivity index (χ1) is 8.20. The molecular weight excluding hydrogens is 214 g/mol. The van der Waals surface area contributed by atoms with Crippen LogP contribution in [0.2, 0.25) is 0 Å². The number of rotatable bonds is 2. The lowest BCUT2D eigenvalue weighted by Crippen LogP contribution is -2.08. The van der Waals surface area contributed by atoms with Gasteiger partial charge in [-0.25, -0.2) is 4.79 Å². The number of nitrogens with zero attached hydrogens (tertiary/aromatic N) is 1. The summed E-state index contributed by atoms with van der Waals surface area (Å²) in [4.78, 5) is 15.9. The van der Waals surface area contributed by atoms with Crippen LogP contribution in [0.3, 0.4) is 0 Å². The van der Waals surface area contributed by atoms with Gasteiger partial charge in [0.1, 0.15) is 0 Å². The number of pyridine rings is 1. The van der Waals surface area contributed by atoms with Crippen molar-refractivity contribution in [2.75, 3.05) is 6.61 Å². The molecule has 0 saturated heterocycles. The maximum Gasteiger partial charge on any atom is 0.331 e. The van der Waals surface area contributed by atoms with Gasteiger partial charge in [0.2, 0.25) is 0 Å². The standard InChI is InChI=1S/C14H17NO2/c1-3-17-13(16)8-12-6-4-5-11-7-10(2)9-15-14(11)12/h7-9H,3-6H2,1-2H3/b12-8+. The molecule has 0 aromatic carbocycles. The van der Waals surface area contributed by atoms with Crippen LogP contribution >= 0.6 is 0 Å². The smallest absolute Gasteiger partial charge is 0.331 e. The zero-order chi connectivity index (χ0) is 12.3. The zero-order valence-corrected chi connectivity index (χ0v) is 10.3. The van der Waals surface area contributed by atoms with Gasteiger partial charge in [0, 0.05) is 12.3 Å². The van der Waals surface area contributed by atoms with E-state index >= 15 is 0 Å². The molecule has 0 bridgehead atoms. The van der Waals surface area contributed by atoms with Crippen molar-refractivity contribution in [3.8, 4) is 0 Å². The summed E-state index contributed by atoms with van der Waals surface area (Å²) in [6, 6.07) is 2.15. The molecule has 0 aliphatic heterocycles. The molecule has 0 saturated carbocycles. The van der Waals surface area contributed by atoms with Crippen molar-refractivity contribution >= 4 is 11.5 Å². The van der Waals surface area contributed by atoms with Gasteiger partial charge < -0.3 is 4.74 Å². The van der Waals surface area contributed by atoms with E-state index in [2.05, 4.69) is 11.1 Å². The predicted molar refractivity (Wildman–Crippen MR) is 66.5 cm³/mol. The Balaban J connectivity index is 2.31. The predicted octanol–water partition coefficient (Wildman–Crippen LogP) is 2.67. The van der Waals surface area contributed by atoms with Crippen LogP contribution < -0.4 is 0 Å². The Kier molecular flexibility index (Phi) is 3.57. The largest absolute Gasteiger partial charge is 0.463 e. The molecule has 0 unspecified atom stereocenters. The number of carbonyl (C=O) groups excluding carboxylic acids is 1. The molecule has 2 rings (SSSR count). The van der Waals surface area contributed by atoms with Gasteiger partial charge in [-0.3, -0.25) is 4.98 Å². The SMILES string of the molecule is CCOC(=O)/C=C1\CCCc2cc(C)cnc21. The Morgan fingerprint density at radius 1 is 1.53 bits per heavy atom. The molecule has 1 aromatic rings. The van der Waals surface area contributed by atoms with E-state index in [1.54, 1.807) is 6.08 Å². The van der Waals surface area contributed by atoms with Crippen LogP contribution in [0.4, 0.5) is 0 Å². The topological polar surface area (TPSA) is 39.2 Å². The highest BCUT2D eigenvalue weighted by atomic mass is 16.5. The molecule has 1 aliphatic rings. The average Bonchev–Trinajstić information content (AvgIpc) is 2.29. The second-order valence-electron chi connectivity index (χ2n) is 4.30. The fourth-order valence-corrected chi connectivity index (χ4v) is 2.16. The number of allylic oxidation sites excluding steroid dienone is 1. The second kappa shape index (κ2) is 5.13. The minimum Gasteiger partial charge on any atom is -0.463 e. The molecule has 1 aliphatic carbocycles. The van der Waals surface area contributed by atoms with Gasteiger partial charge in [-0.2, -0.15) is 0 Å². The van der Waals surface area contributed by atoms with Crippen molar-refractivity contribution in [1.82, 2.24) is 4.98 Å². The van der Waals surface area contributed by atoms with Gasteiger partial charge in [0.25, 0.3) is 0 Å². The molecule has 17 heavy (non-hydrogen) atoms. The van der Waals surface area contributed by atoms with Crippen molar-refractivity contribution < 1.29 is 9.53 Å². The molecule has 0 amide bonds. The monoisotopic (exact) mass is 231 g/mol. The first-order valence-electron chi connectivity index (χ1n) is 6.04. The fourth-order valence-electron chi connectivity index (χ4n) is 2.16. The Bertz CT molecular complexity index is 463. The Morgan fingerprint density at radius 2 is 2.35 bits per heavy atom. The number of aryl methyl sites for hydroxylation is 2. The van der Waals surface area contributed by atoms with Crippen LogP contribution in [0.25, 0.3) is 5.57 Å². The van der Waals surface area contributed by atoms with Crippen LogP contribution in [0.5, 0.6) is 0 Å². The fraction of sp³-hybridized carbons (Fsp3) is 0.429. The minimum absolute atomic E-state index is 0.266. The van der Waals surface area contributed by atoms with Crippen LogP contribution in [-0.4, -0.2) is 17.6 Å². The van der Waals surface area contributed by atoms with Crippen molar-refractivity contribution in [3.05, 3.63) is 35.2 Å². The molecule has 0 atom stereocenters. The number of esters is 1. The number of aromatic nitrogens is 1. The van der Waals surface area contributed by atoms with Crippen molar-refractivity contribution in [2.45, 2.75) is 33.1 Å². The Morgan fingerprint density at radius 3 is 3.12 bits per heavy atom. The molecule has 3 heteroatoms. The van der Waals surface area contributed by atoms with E-state index in [1.165, 1.54) is 11.1 Å². The highest BCUT2D eigenvalue weighted by Crippen LogP contribution is 2.29. The Labute approximate surface area is 102 Å². The van der Waals surface area contributed by atoms with E-state index in [1.807, 2.05) is 20.0 Å². The lowest BCUT2D eigenvalue weighted by molar-refractivity contribution is -0.137. The maximum absolute atomic E-state index is 11.5. The van der Waals surface area contributed by atoms with Crippen LogP contribution in [0.15, 0.2) is 18.3 Å². The first kappa shape index (κ1) is 11.8. The molecule has 1 aromatic heterocycles. The van der Waals surface area contributed by atoms with Crippen molar-refractivity contribution in [1.29, 1.82) is 0 Å². The molecule has 0 fully saturated rings. The van der Waals surface area contributed by atoms with E-state index in [4.69, 9.17) is 4.74 Å². The van der Waals surface area contributed by atoms with Crippen LogP contribution in [-0.2, 0) is 16.0 Å². The Hall–Kier alpha value is -1.64. The molecular formula is C14H17NO2. The minimum atomic E-state index is -0.266. The van der Waals surface area contributed by atoms with E-state index in [-0.39, 0.29) is 5.97 Å². The summed E-state index contributed by atoms with van der Waals surface area (Å²) in [5, 5.41) is 0. The molecule has 0 radical (unpaired) electrons. The summed E-state index contributed by atoms with van der Waals surface area (Å²) in [6.07, 6.45) is 6.46. The molecule has 1 heterocycles. The van der Waals surface area contributed by atoms with E-state index in [0.717, 1.165) is 30.5 Å². The number of ether oxygens (including phenoxy) is 1. The third-order valence-corrected chi connectivity index (χ3v) is 2.88. The van der Waals surface area contributed by atoms with Crippen molar-refractivity contribution in [3.63, 3.8) is 0 Å². The number of fused-ring (bicyclic) bond motifs is 1. The normalized spacial score (nSPS) is 16.7. The zero-order valence-electron chi connectivity index (χ0n) is 10.3. The lowest BCUT2D eigenvalue weighted by atomic mass is 9.90. The summed E-state index contributed by atoms with van der Waals surface area (Å²) >= 11 is 0. The van der Waals surface area contributed by atoms with Gasteiger partial charge in [-0.05, 0) is 49.8 Å². The van der Waals surface area contributed by atoms with Gasteiger partial charge in [0.15, 0.2) is 0 Å². The summed E-state index contributed by atoms with van der Waals surface area (Å²) in [5.74, 6) is -0.266. The number of carbonyl (C=O) groups is 1. The van der Waals surface area contributed by atoms with Gasteiger partial charge in [-0.15, -0.1) is 0 Å². The summed E-state index contributed by atoms with van der Waals surface area (Å²) < 4.78 is 4.94. The van der Waals surface area contributed by atoms with E-state index < -0.39 is 0 Å². The van der Waals surface area contributed by atoms with E-state index in [9.17, 15) is 4.79 Å². The summed E-state index contributed by atoms with van der Waals surface area (Å²) in [5.41, 5.74) is 4.38. The van der Waals surface area contributed by atoms with Gasteiger partial charge in [0.05, 0.1) is 12.3 Å². The lowest BCUT2D eigenvalue weighted by Gasteiger charge is -2.18. The van der Waals surface area contributed by atoms with Crippen LogP contribution in [0.1, 0.15) is 36.6 Å². The maximum atomic E-state index is 11.5. The third-order valence-electron chi connectivity index (χ3n) is 2.88. The van der Waals surface area contributed by atoms with Crippen LogP contribution in [0, 0.1) is 6.92 Å². The number of hydrogen-bond donors (Lipinski definition) is 0. The first-order valence-corrected chi connectivity index (χ1v) is 6.04. The summed E-state index contributed by atoms with van der Waals surface area (Å²) in [7, 11) is 0. The molecule has 0 N–H and O–H groups in total. The van der Waals surface area contributed by atoms with E-state index in [0.29, 0.717) is 6.61 Å². The quantitative estimate of drug-likeness (QED) is 0.580. The highest BCUT2D eigenvalue weighted by Gasteiger charge is 2.16. The second-order valence-corrected chi connectivity index (χ2v) is 4.30. The van der Waals surface area contributed by atoms with Crippen molar-refractivity contribution in [2.24, 2.45) is 0 Å². The molecule has 0 spiro atoms. The van der Waals surface area contributed by atoms with Gasteiger partial charge >= 0.3 is 5.97 Å². The highest BCUT2D eigenvalue weighted by molar-refractivity contribution is 5.91. The average molecular weight is 231 g/mol.